The normalized spacial score (nSPS) is 12.3. The third kappa shape index (κ3) is 5.01. The summed E-state index contributed by atoms with van der Waals surface area (Å²) in [6.07, 6.45) is 0. The van der Waals surface area contributed by atoms with Gasteiger partial charge < -0.3 is 5.32 Å². The van der Waals surface area contributed by atoms with E-state index in [2.05, 4.69) is 5.32 Å². The van der Waals surface area contributed by atoms with Crippen LogP contribution < -0.4 is 5.32 Å². The second kappa shape index (κ2) is 7.53. The number of halogens is 3. The molecule has 122 valence electrons. The van der Waals surface area contributed by atoms with Crippen LogP contribution in [0.1, 0.15) is 18.5 Å². The molecule has 0 aliphatic heterocycles. The summed E-state index contributed by atoms with van der Waals surface area (Å²) in [6, 6.07) is 10.3. The van der Waals surface area contributed by atoms with Crippen molar-refractivity contribution in [3.63, 3.8) is 0 Å². The number of hydrogen-bond acceptors (Lipinski definition) is 2. The van der Waals surface area contributed by atoms with Gasteiger partial charge in [0.2, 0.25) is 5.91 Å². The maximum Gasteiger partial charge on any atom is 0.238 e. The first-order valence-electron chi connectivity index (χ1n) is 7.07. The van der Waals surface area contributed by atoms with Gasteiger partial charge in [-0.1, -0.05) is 23.7 Å². The summed E-state index contributed by atoms with van der Waals surface area (Å²) in [6.45, 7) is 2.04. The molecule has 0 aromatic heterocycles. The third-order valence-corrected chi connectivity index (χ3v) is 3.80. The molecule has 2 aromatic rings. The molecule has 0 aliphatic rings. The Hall–Kier alpha value is -1.98. The van der Waals surface area contributed by atoms with Gasteiger partial charge in [-0.3, -0.25) is 9.69 Å². The van der Waals surface area contributed by atoms with Crippen LogP contribution in [0.15, 0.2) is 42.5 Å². The number of anilines is 1. The summed E-state index contributed by atoms with van der Waals surface area (Å²) in [5.41, 5.74) is 1.11. The van der Waals surface area contributed by atoms with Gasteiger partial charge in [-0.05, 0) is 43.8 Å². The second-order valence-electron chi connectivity index (χ2n) is 5.35. The van der Waals surface area contributed by atoms with Crippen LogP contribution in [0.5, 0.6) is 0 Å². The lowest BCUT2D eigenvalue weighted by Gasteiger charge is -2.24. The number of carbonyl (C=O) groups is 1. The van der Waals surface area contributed by atoms with Crippen LogP contribution in [-0.2, 0) is 4.79 Å². The fraction of sp³-hybridized carbons (Fsp3) is 0.235. The van der Waals surface area contributed by atoms with Gasteiger partial charge in [-0.25, -0.2) is 8.78 Å². The molecule has 0 bridgehead atoms. The maximum absolute atomic E-state index is 13.1. The summed E-state index contributed by atoms with van der Waals surface area (Å²) in [7, 11) is 1.80. The van der Waals surface area contributed by atoms with Crippen molar-refractivity contribution in [3.8, 4) is 0 Å². The van der Waals surface area contributed by atoms with Crippen molar-refractivity contribution < 1.29 is 13.6 Å². The molecule has 1 amide bonds. The monoisotopic (exact) mass is 338 g/mol. The number of carbonyl (C=O) groups excluding carboxylic acids is 1. The van der Waals surface area contributed by atoms with E-state index in [1.165, 1.54) is 0 Å². The first kappa shape index (κ1) is 17.4. The summed E-state index contributed by atoms with van der Waals surface area (Å²) in [5.74, 6) is -1.82. The minimum atomic E-state index is -0.733. The van der Waals surface area contributed by atoms with Crippen molar-refractivity contribution in [1.29, 1.82) is 0 Å². The number of hydrogen-bond donors (Lipinski definition) is 1. The van der Waals surface area contributed by atoms with Crippen LogP contribution in [0.3, 0.4) is 0 Å². The summed E-state index contributed by atoms with van der Waals surface area (Å²) in [5, 5.41) is 3.14. The van der Waals surface area contributed by atoms with E-state index in [1.807, 2.05) is 24.0 Å². The van der Waals surface area contributed by atoms with Gasteiger partial charge in [0, 0.05) is 22.8 Å². The SMILES string of the molecule is CC(c1ccc(Cl)cc1)N(C)CC(=O)Nc1cc(F)cc(F)c1. The van der Waals surface area contributed by atoms with Crippen LogP contribution in [0, 0.1) is 11.6 Å². The van der Waals surface area contributed by atoms with Crippen LogP contribution in [0.25, 0.3) is 0 Å². The van der Waals surface area contributed by atoms with Crippen molar-refractivity contribution in [2.24, 2.45) is 0 Å². The molecule has 0 spiro atoms. The lowest BCUT2D eigenvalue weighted by molar-refractivity contribution is -0.117. The van der Waals surface area contributed by atoms with Gasteiger partial charge >= 0.3 is 0 Å². The Morgan fingerprint density at radius 3 is 2.30 bits per heavy atom. The molecule has 0 saturated carbocycles. The van der Waals surface area contributed by atoms with E-state index in [9.17, 15) is 13.6 Å². The first-order chi connectivity index (χ1) is 10.8. The van der Waals surface area contributed by atoms with Crippen molar-refractivity contribution in [1.82, 2.24) is 4.90 Å². The zero-order valence-electron chi connectivity index (χ0n) is 12.8. The minimum absolute atomic E-state index is 0.0118. The molecule has 1 N–H and O–H groups in total. The molecule has 0 heterocycles. The van der Waals surface area contributed by atoms with Gasteiger partial charge in [-0.2, -0.15) is 0 Å². The maximum atomic E-state index is 13.1. The number of nitrogens with one attached hydrogen (secondary N) is 1. The molecule has 0 fully saturated rings. The minimum Gasteiger partial charge on any atom is -0.325 e. The quantitative estimate of drug-likeness (QED) is 0.884. The molecule has 2 rings (SSSR count). The van der Waals surface area contributed by atoms with E-state index < -0.39 is 11.6 Å². The van der Waals surface area contributed by atoms with Gasteiger partial charge in [0.15, 0.2) is 0 Å². The second-order valence-corrected chi connectivity index (χ2v) is 5.79. The van der Waals surface area contributed by atoms with E-state index in [-0.39, 0.29) is 24.2 Å². The largest absolute Gasteiger partial charge is 0.325 e. The molecule has 23 heavy (non-hydrogen) atoms. The van der Waals surface area contributed by atoms with Crippen LogP contribution in [0.4, 0.5) is 14.5 Å². The zero-order valence-corrected chi connectivity index (χ0v) is 13.6. The standard InChI is InChI=1S/C17H17ClF2N2O/c1-11(12-3-5-13(18)6-4-12)22(2)10-17(23)21-16-8-14(19)7-15(20)9-16/h3-9,11H,10H2,1-2H3,(H,21,23). The number of nitrogens with zero attached hydrogens (tertiary/aromatic N) is 1. The average Bonchev–Trinajstić information content (AvgIpc) is 2.45. The van der Waals surface area contributed by atoms with Crippen LogP contribution in [0.2, 0.25) is 5.02 Å². The molecule has 0 radical (unpaired) electrons. The Morgan fingerprint density at radius 1 is 1.17 bits per heavy atom. The topological polar surface area (TPSA) is 32.3 Å². The van der Waals surface area contributed by atoms with E-state index in [1.54, 1.807) is 19.2 Å². The number of amides is 1. The summed E-state index contributed by atoms with van der Waals surface area (Å²) < 4.78 is 26.2. The molecule has 2 aromatic carbocycles. The van der Waals surface area contributed by atoms with Gasteiger partial charge in [0.1, 0.15) is 11.6 Å². The highest BCUT2D eigenvalue weighted by Crippen LogP contribution is 2.21. The van der Waals surface area contributed by atoms with Crippen LogP contribution >= 0.6 is 11.6 Å². The molecule has 0 saturated heterocycles. The van der Waals surface area contributed by atoms with Crippen molar-refractivity contribution in [3.05, 3.63) is 64.7 Å². The van der Waals surface area contributed by atoms with Crippen molar-refractivity contribution in [2.45, 2.75) is 13.0 Å². The molecular formula is C17H17ClF2N2O. The number of rotatable bonds is 5. The Bertz CT molecular complexity index is 671. The van der Waals surface area contributed by atoms with E-state index in [4.69, 9.17) is 11.6 Å². The highest BCUT2D eigenvalue weighted by Gasteiger charge is 2.15. The Balaban J connectivity index is 1.97. The average molecular weight is 339 g/mol. The molecule has 1 unspecified atom stereocenters. The number of likely N-dealkylation sites (N-methyl/N-ethyl adjacent to an activating group) is 1. The molecule has 3 nitrogen and oxygen atoms in total. The fourth-order valence-corrected chi connectivity index (χ4v) is 2.31. The fourth-order valence-electron chi connectivity index (χ4n) is 2.19. The van der Waals surface area contributed by atoms with Gasteiger partial charge in [-0.15, -0.1) is 0 Å². The zero-order chi connectivity index (χ0) is 17.0. The Kier molecular flexibility index (Phi) is 5.69. The molecule has 6 heteroatoms. The van der Waals surface area contributed by atoms with Crippen molar-refractivity contribution >= 4 is 23.2 Å². The van der Waals surface area contributed by atoms with Crippen LogP contribution in [-0.4, -0.2) is 24.4 Å². The molecular weight excluding hydrogens is 322 g/mol. The first-order valence-corrected chi connectivity index (χ1v) is 7.44. The highest BCUT2D eigenvalue weighted by molar-refractivity contribution is 6.30. The summed E-state index contributed by atoms with van der Waals surface area (Å²) in [4.78, 5) is 13.8. The van der Waals surface area contributed by atoms with E-state index >= 15 is 0 Å². The van der Waals surface area contributed by atoms with Crippen molar-refractivity contribution in [2.75, 3.05) is 18.9 Å². The molecule has 0 aliphatic carbocycles. The lowest BCUT2D eigenvalue weighted by Crippen LogP contribution is -2.32. The third-order valence-electron chi connectivity index (χ3n) is 3.55. The number of benzene rings is 2. The van der Waals surface area contributed by atoms with Gasteiger partial charge in [0.25, 0.3) is 0 Å². The highest BCUT2D eigenvalue weighted by atomic mass is 35.5. The predicted molar refractivity (Wildman–Crippen MR) is 87.5 cm³/mol. The lowest BCUT2D eigenvalue weighted by atomic mass is 10.1. The molecule has 1 atom stereocenters. The Labute approximate surface area is 138 Å². The predicted octanol–water partition coefficient (Wildman–Crippen LogP) is 4.25. The van der Waals surface area contributed by atoms with Gasteiger partial charge in [0.05, 0.1) is 6.54 Å². The summed E-state index contributed by atoms with van der Waals surface area (Å²) >= 11 is 5.86. The van der Waals surface area contributed by atoms with E-state index in [0.717, 1.165) is 23.8 Å². The van der Waals surface area contributed by atoms with E-state index in [0.29, 0.717) is 5.02 Å². The smallest absolute Gasteiger partial charge is 0.238 e. The Morgan fingerprint density at radius 2 is 1.74 bits per heavy atom.